The van der Waals surface area contributed by atoms with Crippen LogP contribution in [0.2, 0.25) is 5.02 Å². The molecule has 160 valence electrons. The van der Waals surface area contributed by atoms with Gasteiger partial charge in [-0.1, -0.05) is 11.6 Å². The van der Waals surface area contributed by atoms with Gasteiger partial charge in [0.1, 0.15) is 5.02 Å². The molecule has 2 amide bonds. The third-order valence-corrected chi connectivity index (χ3v) is 4.68. The van der Waals surface area contributed by atoms with Crippen LogP contribution in [0.25, 0.3) is 0 Å². The molecule has 0 radical (unpaired) electrons. The van der Waals surface area contributed by atoms with Crippen LogP contribution >= 0.6 is 11.6 Å². The fourth-order valence-corrected chi connectivity index (χ4v) is 3.35. The number of fused-ring (bicyclic) bond motifs is 1. The Hall–Kier alpha value is -2.81. The number of aromatic nitrogens is 2. The maximum atomic E-state index is 12.9. The van der Waals surface area contributed by atoms with Gasteiger partial charge in [-0.15, -0.1) is 0 Å². The number of likely N-dealkylation sites (N-methyl/N-ethyl adjacent to an activating group) is 1. The van der Waals surface area contributed by atoms with Crippen molar-refractivity contribution in [2.24, 2.45) is 0 Å². The molecule has 0 spiro atoms. The Morgan fingerprint density at radius 1 is 1.40 bits per heavy atom. The molecule has 3 rings (SSSR count). The predicted octanol–water partition coefficient (Wildman–Crippen LogP) is 3.00. The highest BCUT2D eigenvalue weighted by Crippen LogP contribution is 2.29. The molecule has 0 fully saturated rings. The normalized spacial score (nSPS) is 13.4. The van der Waals surface area contributed by atoms with E-state index in [0.29, 0.717) is 29.9 Å². The largest absolute Gasteiger partial charge is 0.470 e. The molecule has 0 aromatic carbocycles. The summed E-state index contributed by atoms with van der Waals surface area (Å²) in [5, 5.41) is 2.80. The van der Waals surface area contributed by atoms with E-state index in [4.69, 9.17) is 16.3 Å². The first-order valence-corrected chi connectivity index (χ1v) is 9.73. The second-order valence-electron chi connectivity index (χ2n) is 7.06. The van der Waals surface area contributed by atoms with Gasteiger partial charge in [0, 0.05) is 50.1 Å². The smallest absolute Gasteiger partial charge is 0.278 e. The van der Waals surface area contributed by atoms with Gasteiger partial charge in [0.2, 0.25) is 11.8 Å². The monoisotopic (exact) mass is 438 g/mol. The van der Waals surface area contributed by atoms with Crippen LogP contribution in [-0.4, -0.2) is 45.8 Å². The Morgan fingerprint density at radius 3 is 2.83 bits per heavy atom. The van der Waals surface area contributed by atoms with E-state index < -0.39 is 12.5 Å². The lowest BCUT2D eigenvalue weighted by atomic mass is 10.1. The molecule has 3 heterocycles. The topological polar surface area (TPSA) is 84.4 Å². The van der Waals surface area contributed by atoms with Gasteiger partial charge in [0.05, 0.1) is 12.1 Å². The van der Waals surface area contributed by atoms with E-state index in [2.05, 4.69) is 15.3 Å². The van der Waals surface area contributed by atoms with E-state index >= 15 is 0 Å². The predicted molar refractivity (Wildman–Crippen MR) is 106 cm³/mol. The molecular weight excluding hydrogens is 418 g/mol. The van der Waals surface area contributed by atoms with Crippen molar-refractivity contribution in [3.8, 4) is 5.88 Å². The molecule has 2 aromatic heterocycles. The number of carbonyl (C=O) groups excluding carboxylic acids is 2. The average Bonchev–Trinajstić information content (AvgIpc) is 2.97. The molecule has 1 aliphatic rings. The SMILES string of the molecule is CCNC(=O)Cc1nccc2c1CN(Cc1cnc(OCC(C)(F)F)c(Cl)c1)C2=O. The number of nitrogens with zero attached hydrogens (tertiary/aromatic N) is 3. The minimum absolute atomic E-state index is 0.0829. The quantitative estimate of drug-likeness (QED) is 0.685. The summed E-state index contributed by atoms with van der Waals surface area (Å²) in [7, 11) is 0. The summed E-state index contributed by atoms with van der Waals surface area (Å²) >= 11 is 6.09. The van der Waals surface area contributed by atoms with Gasteiger partial charge in [0.25, 0.3) is 11.8 Å². The molecule has 0 aliphatic carbocycles. The number of amides is 2. The molecule has 0 atom stereocenters. The van der Waals surface area contributed by atoms with E-state index in [0.717, 1.165) is 12.5 Å². The maximum absolute atomic E-state index is 12.9. The standard InChI is InChI=1S/C20H21ClF2N4O3/c1-3-24-17(28)7-16-14-10-27(19(29)13(14)4-5-25-16)9-12-6-15(21)18(26-8-12)30-11-20(2,22)23/h4-6,8H,3,7,9-11H2,1-2H3,(H,24,28). The van der Waals surface area contributed by atoms with Gasteiger partial charge in [-0.05, 0) is 24.6 Å². The van der Waals surface area contributed by atoms with Crippen LogP contribution in [0.4, 0.5) is 8.78 Å². The van der Waals surface area contributed by atoms with Crippen molar-refractivity contribution in [3.63, 3.8) is 0 Å². The van der Waals surface area contributed by atoms with E-state index in [9.17, 15) is 18.4 Å². The first-order valence-electron chi connectivity index (χ1n) is 9.35. The number of rotatable bonds is 8. The highest BCUT2D eigenvalue weighted by Gasteiger charge is 2.30. The third-order valence-electron chi connectivity index (χ3n) is 4.41. The first-order chi connectivity index (χ1) is 14.2. The summed E-state index contributed by atoms with van der Waals surface area (Å²) in [5.74, 6) is -3.44. The van der Waals surface area contributed by atoms with Gasteiger partial charge in [-0.3, -0.25) is 14.6 Å². The fraction of sp³-hybridized carbons (Fsp3) is 0.400. The highest BCUT2D eigenvalue weighted by atomic mass is 35.5. The van der Waals surface area contributed by atoms with Crippen LogP contribution in [0.1, 0.15) is 41.0 Å². The molecule has 1 aliphatic heterocycles. The average molecular weight is 439 g/mol. The lowest BCUT2D eigenvalue weighted by molar-refractivity contribution is -0.120. The van der Waals surface area contributed by atoms with Crippen molar-refractivity contribution in [3.05, 3.63) is 51.9 Å². The molecule has 0 bridgehead atoms. The number of hydrogen-bond acceptors (Lipinski definition) is 5. The van der Waals surface area contributed by atoms with Crippen molar-refractivity contribution in [1.82, 2.24) is 20.2 Å². The van der Waals surface area contributed by atoms with Crippen molar-refractivity contribution in [2.45, 2.75) is 39.3 Å². The number of alkyl halides is 2. The highest BCUT2D eigenvalue weighted by molar-refractivity contribution is 6.31. The number of hydrogen-bond donors (Lipinski definition) is 1. The molecule has 0 unspecified atom stereocenters. The summed E-state index contributed by atoms with van der Waals surface area (Å²) < 4.78 is 30.8. The van der Waals surface area contributed by atoms with Crippen LogP contribution in [0.3, 0.4) is 0 Å². The second kappa shape index (κ2) is 8.91. The summed E-state index contributed by atoms with van der Waals surface area (Å²) in [4.78, 5) is 34.5. The van der Waals surface area contributed by atoms with E-state index in [1.807, 2.05) is 6.92 Å². The zero-order valence-corrected chi connectivity index (χ0v) is 17.3. The van der Waals surface area contributed by atoms with E-state index in [1.54, 1.807) is 11.0 Å². The van der Waals surface area contributed by atoms with Gasteiger partial charge in [0.15, 0.2) is 6.61 Å². The van der Waals surface area contributed by atoms with Crippen molar-refractivity contribution in [2.75, 3.05) is 13.2 Å². The maximum Gasteiger partial charge on any atom is 0.278 e. The zero-order chi connectivity index (χ0) is 21.9. The number of pyridine rings is 2. The van der Waals surface area contributed by atoms with Crippen LogP contribution in [0.5, 0.6) is 5.88 Å². The number of halogens is 3. The number of ether oxygens (including phenoxy) is 1. The molecule has 0 saturated heterocycles. The minimum Gasteiger partial charge on any atom is -0.470 e. The molecule has 0 saturated carbocycles. The summed E-state index contributed by atoms with van der Waals surface area (Å²) in [5.41, 5.74) is 2.41. The Balaban J connectivity index is 1.71. The van der Waals surface area contributed by atoms with E-state index in [-0.39, 0.29) is 35.7 Å². The number of carbonyl (C=O) groups is 2. The van der Waals surface area contributed by atoms with Gasteiger partial charge in [-0.25, -0.2) is 13.8 Å². The second-order valence-corrected chi connectivity index (χ2v) is 7.47. The molecule has 1 N–H and O–H groups in total. The van der Waals surface area contributed by atoms with Crippen molar-refractivity contribution in [1.29, 1.82) is 0 Å². The summed E-state index contributed by atoms with van der Waals surface area (Å²) in [6.45, 7) is 2.76. The molecule has 2 aromatic rings. The third kappa shape index (κ3) is 5.21. The van der Waals surface area contributed by atoms with Crippen molar-refractivity contribution < 1.29 is 23.1 Å². The Labute approximate surface area is 177 Å². The molecule has 10 heteroatoms. The Morgan fingerprint density at radius 2 is 2.17 bits per heavy atom. The Bertz CT molecular complexity index is 966. The van der Waals surface area contributed by atoms with Crippen LogP contribution < -0.4 is 10.1 Å². The van der Waals surface area contributed by atoms with Gasteiger partial charge in [-0.2, -0.15) is 0 Å². The van der Waals surface area contributed by atoms with Crippen LogP contribution in [-0.2, 0) is 24.3 Å². The molecule has 7 nitrogen and oxygen atoms in total. The van der Waals surface area contributed by atoms with E-state index in [1.165, 1.54) is 18.5 Å². The lowest BCUT2D eigenvalue weighted by Gasteiger charge is -2.17. The lowest BCUT2D eigenvalue weighted by Crippen LogP contribution is -2.25. The summed E-state index contributed by atoms with van der Waals surface area (Å²) in [6, 6.07) is 3.16. The zero-order valence-electron chi connectivity index (χ0n) is 16.5. The number of nitrogens with one attached hydrogen (secondary N) is 1. The minimum atomic E-state index is -3.00. The van der Waals surface area contributed by atoms with Gasteiger partial charge < -0.3 is 15.0 Å². The first kappa shape index (κ1) is 21.9. The fourth-order valence-electron chi connectivity index (χ4n) is 3.11. The van der Waals surface area contributed by atoms with Crippen LogP contribution in [0, 0.1) is 0 Å². The van der Waals surface area contributed by atoms with Crippen LogP contribution in [0.15, 0.2) is 24.5 Å². The van der Waals surface area contributed by atoms with Gasteiger partial charge >= 0.3 is 0 Å². The molecular formula is C20H21ClF2N4O3. The van der Waals surface area contributed by atoms with Crippen molar-refractivity contribution >= 4 is 23.4 Å². The Kier molecular flexibility index (Phi) is 6.50. The summed E-state index contributed by atoms with van der Waals surface area (Å²) in [6.07, 6.45) is 3.04. The molecule has 30 heavy (non-hydrogen) atoms.